The standard InChI is InChI=1S/C26H22F3NO5S/c1-17(2)24(18-11-13-22(14-12-18)36(32,33)26(27,28)29)25(31)35-23(16-30)19-7-6-10-21(15-19)34-20-8-4-3-5-9-20/h3-15,17,23-24H,1-2H3. The summed E-state index contributed by atoms with van der Waals surface area (Å²) in [4.78, 5) is 12.1. The molecule has 6 nitrogen and oxygen atoms in total. The fourth-order valence-electron chi connectivity index (χ4n) is 3.51. The summed E-state index contributed by atoms with van der Waals surface area (Å²) in [6.45, 7) is 3.39. The summed E-state index contributed by atoms with van der Waals surface area (Å²) in [6, 6.07) is 21.2. The zero-order chi connectivity index (χ0) is 26.5. The van der Waals surface area contributed by atoms with E-state index < -0.39 is 38.2 Å². The van der Waals surface area contributed by atoms with Crippen molar-refractivity contribution in [3.63, 3.8) is 0 Å². The van der Waals surface area contributed by atoms with Gasteiger partial charge in [0.1, 0.15) is 17.6 Å². The second-order valence-corrected chi connectivity index (χ2v) is 10.1. The topological polar surface area (TPSA) is 93.5 Å². The quantitative estimate of drug-likeness (QED) is 0.325. The Labute approximate surface area is 206 Å². The van der Waals surface area contributed by atoms with Crippen molar-refractivity contribution < 1.29 is 35.9 Å². The highest BCUT2D eigenvalue weighted by Crippen LogP contribution is 2.34. The number of alkyl halides is 3. The van der Waals surface area contributed by atoms with E-state index in [1.165, 1.54) is 0 Å². The molecule has 0 amide bonds. The number of sulfone groups is 1. The van der Waals surface area contributed by atoms with Gasteiger partial charge in [0.15, 0.2) is 0 Å². The molecule has 188 valence electrons. The Morgan fingerprint density at radius 3 is 2.06 bits per heavy atom. The molecule has 36 heavy (non-hydrogen) atoms. The SMILES string of the molecule is CC(C)C(C(=O)OC(C#N)c1cccc(Oc2ccccc2)c1)c1ccc(S(=O)(=O)C(F)(F)F)cc1. The minimum absolute atomic E-state index is 0.258. The van der Waals surface area contributed by atoms with Crippen LogP contribution in [0.5, 0.6) is 11.5 Å². The maximum Gasteiger partial charge on any atom is 0.501 e. The van der Waals surface area contributed by atoms with E-state index in [9.17, 15) is 31.6 Å². The maximum atomic E-state index is 13.0. The van der Waals surface area contributed by atoms with Crippen LogP contribution in [0, 0.1) is 17.2 Å². The highest BCUT2D eigenvalue weighted by molar-refractivity contribution is 7.92. The van der Waals surface area contributed by atoms with E-state index in [0.717, 1.165) is 24.3 Å². The Hall–Kier alpha value is -3.84. The molecule has 0 fully saturated rings. The van der Waals surface area contributed by atoms with Crippen LogP contribution in [0.25, 0.3) is 0 Å². The molecule has 2 unspecified atom stereocenters. The largest absolute Gasteiger partial charge is 0.501 e. The molecule has 2 atom stereocenters. The van der Waals surface area contributed by atoms with Gasteiger partial charge in [0.25, 0.3) is 9.84 Å². The predicted octanol–water partition coefficient (Wildman–Crippen LogP) is 6.32. The minimum Gasteiger partial charge on any atom is -0.457 e. The van der Waals surface area contributed by atoms with E-state index in [1.807, 2.05) is 12.1 Å². The van der Waals surface area contributed by atoms with E-state index >= 15 is 0 Å². The molecule has 10 heteroatoms. The summed E-state index contributed by atoms with van der Waals surface area (Å²) in [5.41, 5.74) is -4.81. The number of halogens is 3. The van der Waals surface area contributed by atoms with Crippen LogP contribution in [-0.2, 0) is 19.4 Å². The molecule has 0 heterocycles. The van der Waals surface area contributed by atoms with Crippen LogP contribution in [0.3, 0.4) is 0 Å². The van der Waals surface area contributed by atoms with Crippen molar-refractivity contribution in [3.8, 4) is 17.6 Å². The summed E-state index contributed by atoms with van der Waals surface area (Å²) in [7, 11) is -5.52. The number of rotatable bonds is 8. The molecular weight excluding hydrogens is 495 g/mol. The lowest BCUT2D eigenvalue weighted by atomic mass is 9.88. The van der Waals surface area contributed by atoms with Gasteiger partial charge in [0.05, 0.1) is 10.8 Å². The fourth-order valence-corrected chi connectivity index (χ4v) is 4.27. The predicted molar refractivity (Wildman–Crippen MR) is 125 cm³/mol. The molecule has 0 N–H and O–H groups in total. The summed E-state index contributed by atoms with van der Waals surface area (Å²) < 4.78 is 73.0. The van der Waals surface area contributed by atoms with E-state index in [0.29, 0.717) is 17.1 Å². The van der Waals surface area contributed by atoms with Crippen LogP contribution in [0.1, 0.15) is 37.0 Å². The van der Waals surface area contributed by atoms with E-state index in [4.69, 9.17) is 9.47 Å². The van der Waals surface area contributed by atoms with E-state index in [1.54, 1.807) is 62.4 Å². The second kappa shape index (κ2) is 10.8. The van der Waals surface area contributed by atoms with Gasteiger partial charge in [-0.3, -0.25) is 4.79 Å². The van der Waals surface area contributed by atoms with Crippen molar-refractivity contribution in [2.75, 3.05) is 0 Å². The van der Waals surface area contributed by atoms with Crippen molar-refractivity contribution >= 4 is 15.8 Å². The van der Waals surface area contributed by atoms with Crippen molar-refractivity contribution in [2.45, 2.75) is 36.3 Å². The van der Waals surface area contributed by atoms with Gasteiger partial charge in [0.2, 0.25) is 6.10 Å². The summed E-state index contributed by atoms with van der Waals surface area (Å²) in [6.07, 6.45) is -1.28. The van der Waals surface area contributed by atoms with Gasteiger partial charge in [-0.25, -0.2) is 8.42 Å². The van der Waals surface area contributed by atoms with Crippen molar-refractivity contribution in [1.29, 1.82) is 5.26 Å². The van der Waals surface area contributed by atoms with Gasteiger partial charge in [0, 0.05) is 5.56 Å². The third kappa shape index (κ3) is 6.04. The molecule has 0 aliphatic carbocycles. The zero-order valence-electron chi connectivity index (χ0n) is 19.3. The van der Waals surface area contributed by atoms with Crippen LogP contribution in [0.4, 0.5) is 13.2 Å². The lowest BCUT2D eigenvalue weighted by molar-refractivity contribution is -0.150. The number of carbonyl (C=O) groups is 1. The number of carbonyl (C=O) groups excluding carboxylic acids is 1. The minimum atomic E-state index is -5.52. The molecular formula is C26H22F3NO5S. The van der Waals surface area contributed by atoms with Crippen LogP contribution in [0.15, 0.2) is 83.8 Å². The molecule has 0 aliphatic heterocycles. The first-order valence-corrected chi connectivity index (χ1v) is 12.3. The van der Waals surface area contributed by atoms with Crippen LogP contribution < -0.4 is 4.74 Å². The molecule has 0 aromatic heterocycles. The number of nitrogens with zero attached hydrogens (tertiary/aromatic N) is 1. The van der Waals surface area contributed by atoms with Gasteiger partial charge in [-0.05, 0) is 47.9 Å². The highest BCUT2D eigenvalue weighted by Gasteiger charge is 2.46. The lowest BCUT2D eigenvalue weighted by Gasteiger charge is -2.22. The molecule has 0 saturated heterocycles. The number of para-hydroxylation sites is 1. The average molecular weight is 518 g/mol. The van der Waals surface area contributed by atoms with Gasteiger partial charge in [-0.2, -0.15) is 18.4 Å². The Morgan fingerprint density at radius 2 is 1.50 bits per heavy atom. The van der Waals surface area contributed by atoms with Crippen molar-refractivity contribution in [3.05, 3.63) is 90.0 Å². The van der Waals surface area contributed by atoms with Crippen molar-refractivity contribution in [2.24, 2.45) is 5.92 Å². The number of ether oxygens (including phenoxy) is 2. The molecule has 0 spiro atoms. The van der Waals surface area contributed by atoms with E-state index in [-0.39, 0.29) is 11.5 Å². The normalized spacial score (nSPS) is 13.5. The fraction of sp³-hybridized carbons (Fsp3) is 0.231. The third-order valence-corrected chi connectivity index (χ3v) is 6.77. The Morgan fingerprint density at radius 1 is 0.889 bits per heavy atom. The first kappa shape index (κ1) is 26.8. The van der Waals surface area contributed by atoms with Crippen LogP contribution >= 0.6 is 0 Å². The highest BCUT2D eigenvalue weighted by atomic mass is 32.2. The Balaban J connectivity index is 1.81. The second-order valence-electron chi connectivity index (χ2n) is 8.17. The van der Waals surface area contributed by atoms with E-state index in [2.05, 4.69) is 0 Å². The van der Waals surface area contributed by atoms with Gasteiger partial charge >= 0.3 is 11.5 Å². The first-order chi connectivity index (χ1) is 16.9. The Kier molecular flexibility index (Phi) is 8.05. The molecule has 0 saturated carbocycles. The van der Waals surface area contributed by atoms with Crippen molar-refractivity contribution in [1.82, 2.24) is 0 Å². The van der Waals surface area contributed by atoms with Gasteiger partial charge in [-0.15, -0.1) is 0 Å². The Bertz CT molecular complexity index is 1350. The summed E-state index contributed by atoms with van der Waals surface area (Å²) in [5, 5.41) is 9.66. The molecule has 0 radical (unpaired) electrons. The smallest absolute Gasteiger partial charge is 0.457 e. The average Bonchev–Trinajstić information content (AvgIpc) is 2.83. The molecule has 3 aromatic rings. The zero-order valence-corrected chi connectivity index (χ0v) is 20.1. The third-order valence-electron chi connectivity index (χ3n) is 5.27. The molecule has 3 aromatic carbocycles. The molecule has 3 rings (SSSR count). The molecule has 0 bridgehead atoms. The number of hydrogen-bond donors (Lipinski definition) is 0. The number of nitriles is 1. The lowest BCUT2D eigenvalue weighted by Crippen LogP contribution is -2.24. The van der Waals surface area contributed by atoms with Crippen LogP contribution in [0.2, 0.25) is 0 Å². The summed E-state index contributed by atoms with van der Waals surface area (Å²) in [5.74, 6) is -1.09. The number of esters is 1. The molecule has 0 aliphatic rings. The first-order valence-electron chi connectivity index (χ1n) is 10.8. The van der Waals surface area contributed by atoms with Crippen LogP contribution in [-0.4, -0.2) is 19.9 Å². The summed E-state index contributed by atoms with van der Waals surface area (Å²) >= 11 is 0. The number of hydrogen-bond acceptors (Lipinski definition) is 6. The van der Waals surface area contributed by atoms with Gasteiger partial charge < -0.3 is 9.47 Å². The number of benzene rings is 3. The maximum absolute atomic E-state index is 13.0. The van der Waals surface area contributed by atoms with Gasteiger partial charge in [-0.1, -0.05) is 56.3 Å². The monoisotopic (exact) mass is 517 g/mol.